The lowest BCUT2D eigenvalue weighted by molar-refractivity contribution is -0.119. The molecule has 0 spiro atoms. The first kappa shape index (κ1) is 21.0. The van der Waals surface area contributed by atoms with Crippen LogP contribution in [0.25, 0.3) is 10.9 Å². The van der Waals surface area contributed by atoms with Crippen LogP contribution in [0.2, 0.25) is 0 Å². The van der Waals surface area contributed by atoms with Crippen molar-refractivity contribution in [2.45, 2.75) is 56.5 Å². The van der Waals surface area contributed by atoms with E-state index >= 15 is 0 Å². The molecule has 2 N–H and O–H groups in total. The zero-order chi connectivity index (χ0) is 19.8. The van der Waals surface area contributed by atoms with Gasteiger partial charge in [-0.25, -0.2) is 9.78 Å². The lowest BCUT2D eigenvalue weighted by Gasteiger charge is -2.16. The highest BCUT2D eigenvalue weighted by molar-refractivity contribution is 8.00. The van der Waals surface area contributed by atoms with Gasteiger partial charge in [0.1, 0.15) is 0 Å². The molecule has 0 unspecified atom stereocenters. The largest absolute Gasteiger partial charge is 0.341 e. The molecule has 0 aliphatic rings. The van der Waals surface area contributed by atoms with E-state index in [1.807, 2.05) is 12.1 Å². The topological polar surface area (TPSA) is 93.1 Å². The summed E-state index contributed by atoms with van der Waals surface area (Å²) in [4.78, 5) is 41.1. The van der Waals surface area contributed by atoms with Crippen LogP contribution in [0, 0.1) is 0 Å². The number of benzene rings is 1. The Hall–Kier alpha value is -2.35. The van der Waals surface area contributed by atoms with Crippen LogP contribution in [-0.4, -0.2) is 33.8 Å². The number of para-hydroxylation sites is 1. The average Bonchev–Trinajstić information content (AvgIpc) is 2.67. The van der Waals surface area contributed by atoms with Crippen molar-refractivity contribution in [3.63, 3.8) is 0 Å². The van der Waals surface area contributed by atoms with E-state index in [1.165, 1.54) is 18.8 Å². The third-order valence-corrected chi connectivity index (χ3v) is 5.27. The Bertz CT molecular complexity index is 866. The average molecular weight is 391 g/mol. The Morgan fingerprint density at radius 2 is 1.96 bits per heavy atom. The number of rotatable bonds is 8. The molecule has 1 aromatic heterocycles. The van der Waals surface area contributed by atoms with E-state index in [4.69, 9.17) is 0 Å². The fourth-order valence-corrected chi connectivity index (χ4v) is 3.55. The van der Waals surface area contributed by atoms with E-state index in [9.17, 15) is 14.4 Å². The number of thioether (sulfide) groups is 1. The summed E-state index contributed by atoms with van der Waals surface area (Å²) in [5.41, 5.74) is 0.507. The molecule has 27 heavy (non-hydrogen) atoms. The highest BCUT2D eigenvalue weighted by Crippen LogP contribution is 2.23. The molecule has 1 heterocycles. The van der Waals surface area contributed by atoms with Crippen molar-refractivity contribution in [2.24, 2.45) is 0 Å². The zero-order valence-corrected chi connectivity index (χ0v) is 16.8. The number of urea groups is 1. The third-order valence-electron chi connectivity index (χ3n) is 4.18. The van der Waals surface area contributed by atoms with Gasteiger partial charge in [-0.2, -0.15) is 0 Å². The van der Waals surface area contributed by atoms with E-state index in [2.05, 4.69) is 22.5 Å². The van der Waals surface area contributed by atoms with Crippen molar-refractivity contribution < 1.29 is 9.59 Å². The lowest BCUT2D eigenvalue weighted by Crippen LogP contribution is -2.41. The molecule has 0 radical (unpaired) electrons. The number of fused-ring (bicyclic) bond motifs is 1. The number of amides is 3. The molecule has 1 aromatic carbocycles. The van der Waals surface area contributed by atoms with Crippen molar-refractivity contribution in [3.05, 3.63) is 34.6 Å². The van der Waals surface area contributed by atoms with Gasteiger partial charge in [-0.05, 0) is 25.5 Å². The Labute approximate surface area is 162 Å². The van der Waals surface area contributed by atoms with Crippen LogP contribution in [0.5, 0.6) is 0 Å². The molecule has 2 aromatic rings. The second-order valence-corrected chi connectivity index (χ2v) is 7.57. The molecule has 0 saturated carbocycles. The predicted molar refractivity (Wildman–Crippen MR) is 108 cm³/mol. The van der Waals surface area contributed by atoms with Crippen molar-refractivity contribution in [2.75, 3.05) is 7.05 Å². The lowest BCUT2D eigenvalue weighted by atomic mass is 10.2. The number of aromatic nitrogens is 2. The summed E-state index contributed by atoms with van der Waals surface area (Å²) in [6.45, 7) is 4.38. The second kappa shape index (κ2) is 10.1. The molecule has 2 rings (SSSR count). The molecule has 0 aliphatic heterocycles. The van der Waals surface area contributed by atoms with Crippen molar-refractivity contribution in [1.82, 2.24) is 20.2 Å². The van der Waals surface area contributed by atoms with Crippen LogP contribution >= 0.6 is 11.8 Å². The smallest absolute Gasteiger partial charge is 0.321 e. The maximum absolute atomic E-state index is 12.9. The monoisotopic (exact) mass is 390 g/mol. The minimum atomic E-state index is -0.572. The van der Waals surface area contributed by atoms with Gasteiger partial charge in [-0.1, -0.05) is 50.1 Å². The first-order valence-electron chi connectivity index (χ1n) is 9.16. The minimum absolute atomic E-state index is 0.0986. The molecule has 3 amide bonds. The maximum atomic E-state index is 12.9. The van der Waals surface area contributed by atoms with E-state index in [0.29, 0.717) is 22.6 Å². The molecular weight excluding hydrogens is 364 g/mol. The first-order valence-corrected chi connectivity index (χ1v) is 10.0. The maximum Gasteiger partial charge on any atom is 0.321 e. The minimum Gasteiger partial charge on any atom is -0.341 e. The normalized spacial score (nSPS) is 12.0. The Morgan fingerprint density at radius 3 is 2.67 bits per heavy atom. The Balaban J connectivity index is 2.30. The van der Waals surface area contributed by atoms with Gasteiger partial charge >= 0.3 is 6.03 Å². The Kier molecular flexibility index (Phi) is 7.84. The number of imide groups is 1. The summed E-state index contributed by atoms with van der Waals surface area (Å²) in [7, 11) is 1.44. The van der Waals surface area contributed by atoms with Gasteiger partial charge in [0.2, 0.25) is 5.91 Å². The second-order valence-electron chi connectivity index (χ2n) is 6.26. The van der Waals surface area contributed by atoms with Crippen LogP contribution < -0.4 is 16.2 Å². The van der Waals surface area contributed by atoms with Crippen molar-refractivity contribution in [3.8, 4) is 0 Å². The fourth-order valence-electron chi connectivity index (χ4n) is 2.62. The molecule has 7 nitrogen and oxygen atoms in total. The van der Waals surface area contributed by atoms with Gasteiger partial charge in [-0.3, -0.25) is 19.5 Å². The molecule has 0 bridgehead atoms. The number of hydrogen-bond donors (Lipinski definition) is 2. The van der Waals surface area contributed by atoms with E-state index in [1.54, 1.807) is 23.6 Å². The standard InChI is InChI=1S/C19H26N4O3S/c1-4-5-6-9-12-23-17(25)14-10-7-8-11-15(14)21-19(23)27-13(2)16(24)22-18(26)20-3/h7-8,10-11,13H,4-6,9,12H2,1-3H3,(H2,20,22,24,26)/t13-/m0/s1. The van der Waals surface area contributed by atoms with Gasteiger partial charge < -0.3 is 5.32 Å². The van der Waals surface area contributed by atoms with Crippen molar-refractivity contribution in [1.29, 1.82) is 0 Å². The van der Waals surface area contributed by atoms with Gasteiger partial charge in [0.25, 0.3) is 5.56 Å². The van der Waals surface area contributed by atoms with E-state index in [-0.39, 0.29) is 5.56 Å². The van der Waals surface area contributed by atoms with Crippen molar-refractivity contribution >= 4 is 34.6 Å². The molecule has 0 aliphatic carbocycles. The third kappa shape index (κ3) is 5.56. The van der Waals surface area contributed by atoms with Gasteiger partial charge in [0, 0.05) is 13.6 Å². The quantitative estimate of drug-likeness (QED) is 0.411. The summed E-state index contributed by atoms with van der Waals surface area (Å²) >= 11 is 1.18. The molecule has 146 valence electrons. The summed E-state index contributed by atoms with van der Waals surface area (Å²) in [5, 5.41) is 5.10. The molecule has 0 saturated heterocycles. The highest BCUT2D eigenvalue weighted by atomic mass is 32.2. The SMILES string of the molecule is CCCCCCn1c(S[C@@H](C)C(=O)NC(=O)NC)nc2ccccc2c1=O. The number of nitrogens with one attached hydrogen (secondary N) is 2. The van der Waals surface area contributed by atoms with Crippen LogP contribution in [0.1, 0.15) is 39.5 Å². The van der Waals surface area contributed by atoms with Gasteiger partial charge in [0.05, 0.1) is 16.2 Å². The number of hydrogen-bond acceptors (Lipinski definition) is 5. The number of unbranched alkanes of at least 4 members (excludes halogenated alkanes) is 3. The summed E-state index contributed by atoms with van der Waals surface area (Å²) < 4.78 is 1.65. The first-order chi connectivity index (χ1) is 13.0. The number of nitrogens with zero attached hydrogens (tertiary/aromatic N) is 2. The van der Waals surface area contributed by atoms with Crippen LogP contribution in [0.3, 0.4) is 0 Å². The predicted octanol–water partition coefficient (Wildman–Crippen LogP) is 2.91. The van der Waals surface area contributed by atoms with Crippen LogP contribution in [0.4, 0.5) is 4.79 Å². The summed E-state index contributed by atoms with van der Waals surface area (Å²) in [5.74, 6) is -0.431. The van der Waals surface area contributed by atoms with Crippen LogP contribution in [0.15, 0.2) is 34.2 Å². The molecule has 1 atom stereocenters. The highest BCUT2D eigenvalue weighted by Gasteiger charge is 2.20. The van der Waals surface area contributed by atoms with Crippen LogP contribution in [-0.2, 0) is 11.3 Å². The van der Waals surface area contributed by atoms with E-state index < -0.39 is 17.2 Å². The Morgan fingerprint density at radius 1 is 1.22 bits per heavy atom. The summed E-state index contributed by atoms with van der Waals surface area (Å²) in [6, 6.07) is 6.65. The van der Waals surface area contributed by atoms with Gasteiger partial charge in [-0.15, -0.1) is 0 Å². The van der Waals surface area contributed by atoms with E-state index in [0.717, 1.165) is 25.7 Å². The number of carbonyl (C=O) groups is 2. The molecular formula is C19H26N4O3S. The van der Waals surface area contributed by atoms with Gasteiger partial charge in [0.15, 0.2) is 5.16 Å². The molecule has 8 heteroatoms. The number of carbonyl (C=O) groups excluding carboxylic acids is 2. The zero-order valence-electron chi connectivity index (χ0n) is 15.9. The fraction of sp³-hybridized carbons (Fsp3) is 0.474. The molecule has 0 fully saturated rings. The summed E-state index contributed by atoms with van der Waals surface area (Å²) in [6.07, 6.45) is 4.14.